The molecular weight excluding hydrogens is 548 g/mol. The molecular formula is C33H32N4O6. The molecule has 1 fully saturated rings. The maximum absolute atomic E-state index is 13.8. The van der Waals surface area contributed by atoms with E-state index in [-0.39, 0.29) is 17.5 Å². The lowest BCUT2D eigenvalue weighted by molar-refractivity contribution is -0.384. The second-order valence-electron chi connectivity index (χ2n) is 10.1. The predicted molar refractivity (Wildman–Crippen MR) is 164 cm³/mol. The maximum Gasteiger partial charge on any atom is 0.269 e. The van der Waals surface area contributed by atoms with Crippen molar-refractivity contribution in [3.63, 3.8) is 0 Å². The molecule has 0 aliphatic carbocycles. The van der Waals surface area contributed by atoms with E-state index in [0.29, 0.717) is 48.8 Å². The van der Waals surface area contributed by atoms with Gasteiger partial charge in [-0.15, -0.1) is 0 Å². The van der Waals surface area contributed by atoms with Crippen molar-refractivity contribution in [1.29, 1.82) is 0 Å². The third kappa shape index (κ3) is 6.13. The number of amides is 2. The van der Waals surface area contributed by atoms with E-state index in [0.717, 1.165) is 22.6 Å². The predicted octanol–water partition coefficient (Wildman–Crippen LogP) is 5.38. The van der Waals surface area contributed by atoms with Gasteiger partial charge in [0.1, 0.15) is 0 Å². The van der Waals surface area contributed by atoms with Crippen molar-refractivity contribution in [2.45, 2.75) is 6.92 Å². The SMILES string of the molecule is COc1ccc(-n2c(-c3ccccc3)cc(C(=O)N3CCN(C(=O)C=Cc4ccc([N+](=O)[O-])cc4)CC3)c2C)cc1OC. The van der Waals surface area contributed by atoms with Crippen LogP contribution in [-0.4, -0.2) is 71.5 Å². The van der Waals surface area contributed by atoms with E-state index in [2.05, 4.69) is 0 Å². The summed E-state index contributed by atoms with van der Waals surface area (Å²) in [6.45, 7) is 3.53. The summed E-state index contributed by atoms with van der Waals surface area (Å²) in [4.78, 5) is 40.5. The van der Waals surface area contributed by atoms with Crippen LogP contribution in [0.1, 0.15) is 21.6 Å². The molecule has 0 unspecified atom stereocenters. The Morgan fingerprint density at radius 1 is 0.837 bits per heavy atom. The van der Waals surface area contributed by atoms with Gasteiger partial charge >= 0.3 is 0 Å². The largest absolute Gasteiger partial charge is 0.493 e. The molecule has 10 nitrogen and oxygen atoms in total. The van der Waals surface area contributed by atoms with Gasteiger partial charge < -0.3 is 23.8 Å². The van der Waals surface area contributed by atoms with Gasteiger partial charge in [0.25, 0.3) is 11.6 Å². The summed E-state index contributed by atoms with van der Waals surface area (Å²) in [5.74, 6) is 0.932. The third-order valence-electron chi connectivity index (χ3n) is 7.57. The maximum atomic E-state index is 13.8. The molecule has 10 heteroatoms. The van der Waals surface area contributed by atoms with Crippen LogP contribution in [0.4, 0.5) is 5.69 Å². The molecule has 0 saturated carbocycles. The number of aromatic nitrogens is 1. The second-order valence-corrected chi connectivity index (χ2v) is 10.1. The minimum Gasteiger partial charge on any atom is -0.493 e. The number of rotatable bonds is 8. The molecule has 1 aliphatic rings. The Labute approximate surface area is 249 Å². The van der Waals surface area contributed by atoms with Crippen LogP contribution in [0.5, 0.6) is 11.5 Å². The smallest absolute Gasteiger partial charge is 0.269 e. The quantitative estimate of drug-likeness (QED) is 0.157. The van der Waals surface area contributed by atoms with Crippen LogP contribution in [-0.2, 0) is 4.79 Å². The second kappa shape index (κ2) is 12.6. The van der Waals surface area contributed by atoms with Crippen LogP contribution in [0.2, 0.25) is 0 Å². The van der Waals surface area contributed by atoms with E-state index in [1.165, 1.54) is 18.2 Å². The number of piperazine rings is 1. The number of benzene rings is 3. The van der Waals surface area contributed by atoms with Gasteiger partial charge in [-0.3, -0.25) is 19.7 Å². The Hall–Kier alpha value is -5.38. The van der Waals surface area contributed by atoms with Crippen molar-refractivity contribution < 1.29 is 24.0 Å². The van der Waals surface area contributed by atoms with Crippen molar-refractivity contribution in [2.24, 2.45) is 0 Å². The molecule has 3 aromatic carbocycles. The Morgan fingerprint density at radius 3 is 2.12 bits per heavy atom. The minimum atomic E-state index is -0.464. The highest BCUT2D eigenvalue weighted by molar-refractivity contribution is 5.98. The van der Waals surface area contributed by atoms with Crippen molar-refractivity contribution in [3.8, 4) is 28.4 Å². The highest BCUT2D eigenvalue weighted by Gasteiger charge is 2.28. The van der Waals surface area contributed by atoms with E-state index in [9.17, 15) is 19.7 Å². The molecule has 0 radical (unpaired) electrons. The van der Waals surface area contributed by atoms with Crippen LogP contribution in [0.25, 0.3) is 23.0 Å². The van der Waals surface area contributed by atoms with Gasteiger partial charge in [-0.1, -0.05) is 30.3 Å². The third-order valence-corrected chi connectivity index (χ3v) is 7.57. The molecule has 2 amide bonds. The number of nitro groups is 1. The van der Waals surface area contributed by atoms with E-state index in [1.807, 2.05) is 66.1 Å². The Balaban J connectivity index is 1.34. The molecule has 0 spiro atoms. The van der Waals surface area contributed by atoms with Gasteiger partial charge in [0.2, 0.25) is 5.91 Å². The Morgan fingerprint density at radius 2 is 1.49 bits per heavy atom. The van der Waals surface area contributed by atoms with Crippen LogP contribution in [0.15, 0.2) is 84.9 Å². The number of nitro benzene ring substituents is 1. The molecule has 43 heavy (non-hydrogen) atoms. The number of nitrogens with zero attached hydrogens (tertiary/aromatic N) is 4. The number of hydrogen-bond donors (Lipinski definition) is 0. The summed E-state index contributed by atoms with van der Waals surface area (Å²) in [5.41, 5.74) is 4.75. The highest BCUT2D eigenvalue weighted by atomic mass is 16.6. The van der Waals surface area contributed by atoms with Crippen LogP contribution in [0.3, 0.4) is 0 Å². The first-order valence-corrected chi connectivity index (χ1v) is 13.8. The Bertz CT molecular complexity index is 1670. The topological polar surface area (TPSA) is 107 Å². The van der Waals surface area contributed by atoms with Crippen molar-refractivity contribution in [1.82, 2.24) is 14.4 Å². The zero-order valence-corrected chi connectivity index (χ0v) is 24.2. The number of hydrogen-bond acceptors (Lipinski definition) is 6. The first-order valence-electron chi connectivity index (χ1n) is 13.8. The van der Waals surface area contributed by atoms with E-state index < -0.39 is 4.92 Å². The highest BCUT2D eigenvalue weighted by Crippen LogP contribution is 2.35. The molecule has 1 aromatic heterocycles. The molecule has 1 saturated heterocycles. The van der Waals surface area contributed by atoms with Crippen LogP contribution in [0, 0.1) is 17.0 Å². The number of methoxy groups -OCH3 is 2. The zero-order valence-electron chi connectivity index (χ0n) is 24.2. The fourth-order valence-corrected chi connectivity index (χ4v) is 5.22. The van der Waals surface area contributed by atoms with Crippen molar-refractivity contribution >= 4 is 23.6 Å². The van der Waals surface area contributed by atoms with E-state index in [4.69, 9.17) is 9.47 Å². The summed E-state index contributed by atoms with van der Waals surface area (Å²) in [6, 6.07) is 23.5. The molecule has 0 N–H and O–H groups in total. The first-order chi connectivity index (χ1) is 20.8. The molecule has 1 aliphatic heterocycles. The zero-order chi connectivity index (χ0) is 30.5. The van der Waals surface area contributed by atoms with Gasteiger partial charge in [0.05, 0.1) is 30.4 Å². The molecule has 0 atom stereocenters. The summed E-state index contributed by atoms with van der Waals surface area (Å²) < 4.78 is 13.0. The molecule has 2 heterocycles. The van der Waals surface area contributed by atoms with Crippen molar-refractivity contribution in [3.05, 3.63) is 112 Å². The summed E-state index contributed by atoms with van der Waals surface area (Å²) in [6.07, 6.45) is 3.09. The average Bonchev–Trinajstić information content (AvgIpc) is 3.40. The fourth-order valence-electron chi connectivity index (χ4n) is 5.22. The molecule has 5 rings (SSSR count). The van der Waals surface area contributed by atoms with Crippen molar-refractivity contribution in [2.75, 3.05) is 40.4 Å². The van der Waals surface area contributed by atoms with Gasteiger partial charge in [-0.2, -0.15) is 0 Å². The lowest BCUT2D eigenvalue weighted by Gasteiger charge is -2.34. The average molecular weight is 581 g/mol. The van der Waals surface area contributed by atoms with Gasteiger partial charge in [-0.05, 0) is 54.5 Å². The van der Waals surface area contributed by atoms with Crippen LogP contribution >= 0.6 is 0 Å². The first kappa shape index (κ1) is 29.1. The monoisotopic (exact) mass is 580 g/mol. The van der Waals surface area contributed by atoms with Gasteiger partial charge in [0.15, 0.2) is 11.5 Å². The van der Waals surface area contributed by atoms with E-state index in [1.54, 1.807) is 42.2 Å². The number of carbonyl (C=O) groups excluding carboxylic acids is 2. The summed E-state index contributed by atoms with van der Waals surface area (Å²) in [7, 11) is 3.18. The summed E-state index contributed by atoms with van der Waals surface area (Å²) >= 11 is 0. The number of non-ortho nitro benzene ring substituents is 1. The minimum absolute atomic E-state index is 0.00513. The number of ether oxygens (including phenoxy) is 2. The normalized spacial score (nSPS) is 13.3. The van der Waals surface area contributed by atoms with Gasteiger partial charge in [0, 0.05) is 61.8 Å². The van der Waals surface area contributed by atoms with E-state index >= 15 is 0 Å². The molecule has 220 valence electrons. The molecule has 4 aromatic rings. The lowest BCUT2D eigenvalue weighted by Crippen LogP contribution is -2.50. The standard InChI is InChI=1S/C33H32N4O6/c1-23-28(22-29(25-7-5-4-6-8-25)36(23)27-14-15-30(42-2)31(21-27)43-3)33(39)35-19-17-34(18-20-35)32(38)16-11-24-9-12-26(13-10-24)37(40)41/h4-16,21-22H,17-20H2,1-3H3. The van der Waals surface area contributed by atoms with Crippen LogP contribution < -0.4 is 9.47 Å². The summed E-state index contributed by atoms with van der Waals surface area (Å²) in [5, 5.41) is 10.9. The lowest BCUT2D eigenvalue weighted by atomic mass is 10.1. The fraction of sp³-hybridized carbons (Fsp3) is 0.212. The Kier molecular flexibility index (Phi) is 8.56. The number of carbonyl (C=O) groups is 2. The molecule has 0 bridgehead atoms. The van der Waals surface area contributed by atoms with Gasteiger partial charge in [-0.25, -0.2) is 0 Å².